The largest absolute Gasteiger partial charge is 0.379 e. The lowest BCUT2D eigenvalue weighted by Gasteiger charge is -2.48. The Morgan fingerprint density at radius 3 is 2.58 bits per heavy atom. The second-order valence-electron chi connectivity index (χ2n) is 6.93. The van der Waals surface area contributed by atoms with Gasteiger partial charge in [-0.1, -0.05) is 19.3 Å². The van der Waals surface area contributed by atoms with E-state index < -0.39 is 0 Å². The fourth-order valence-electron chi connectivity index (χ4n) is 3.93. The van der Waals surface area contributed by atoms with Crippen molar-refractivity contribution in [3.63, 3.8) is 0 Å². The molecule has 0 atom stereocenters. The molecule has 1 aromatic rings. The third-order valence-corrected chi connectivity index (χ3v) is 5.39. The summed E-state index contributed by atoms with van der Waals surface area (Å²) < 4.78 is 6.93. The lowest BCUT2D eigenvalue weighted by atomic mass is 9.79. The molecule has 6 heteroatoms. The van der Waals surface area contributed by atoms with Crippen molar-refractivity contribution in [2.75, 3.05) is 32.8 Å². The Morgan fingerprint density at radius 1 is 1.21 bits per heavy atom. The molecule has 1 aromatic heterocycles. The molecule has 2 aliphatic rings. The third-order valence-electron chi connectivity index (χ3n) is 5.39. The van der Waals surface area contributed by atoms with Gasteiger partial charge in [-0.15, -0.1) is 0 Å². The first-order chi connectivity index (χ1) is 11.6. The second kappa shape index (κ2) is 7.49. The van der Waals surface area contributed by atoms with Crippen LogP contribution in [0.15, 0.2) is 23.1 Å². The molecule has 1 aliphatic heterocycles. The molecule has 6 nitrogen and oxygen atoms in total. The number of ether oxygens (including phenoxy) is 1. The Balaban J connectivity index is 1.69. The summed E-state index contributed by atoms with van der Waals surface area (Å²) in [5.41, 5.74) is 0.479. The Kier molecular flexibility index (Phi) is 5.36. The number of carbonyl (C=O) groups is 1. The van der Waals surface area contributed by atoms with Gasteiger partial charge in [0.15, 0.2) is 0 Å². The maximum Gasteiger partial charge on any atom is 0.252 e. The van der Waals surface area contributed by atoms with Crippen LogP contribution >= 0.6 is 0 Å². The first-order valence-corrected chi connectivity index (χ1v) is 8.88. The van der Waals surface area contributed by atoms with Crippen LogP contribution in [0.1, 0.15) is 42.5 Å². The lowest BCUT2D eigenvalue weighted by molar-refractivity contribution is -0.0361. The Morgan fingerprint density at radius 2 is 1.92 bits per heavy atom. The van der Waals surface area contributed by atoms with Crippen LogP contribution < -0.4 is 10.9 Å². The van der Waals surface area contributed by atoms with Crippen LogP contribution in [0.5, 0.6) is 0 Å². The first-order valence-electron chi connectivity index (χ1n) is 8.88. The third kappa shape index (κ3) is 3.70. The molecule has 0 unspecified atom stereocenters. The quantitative estimate of drug-likeness (QED) is 0.898. The van der Waals surface area contributed by atoms with Gasteiger partial charge in [-0.2, -0.15) is 0 Å². The molecule has 24 heavy (non-hydrogen) atoms. The highest BCUT2D eigenvalue weighted by molar-refractivity contribution is 5.93. The van der Waals surface area contributed by atoms with Crippen molar-refractivity contribution in [3.05, 3.63) is 34.2 Å². The van der Waals surface area contributed by atoms with Crippen molar-refractivity contribution >= 4 is 5.91 Å². The van der Waals surface area contributed by atoms with Crippen LogP contribution in [0, 0.1) is 0 Å². The van der Waals surface area contributed by atoms with Crippen LogP contribution in [-0.4, -0.2) is 53.8 Å². The average Bonchev–Trinajstić information content (AvgIpc) is 2.63. The summed E-state index contributed by atoms with van der Waals surface area (Å²) in [4.78, 5) is 26.5. The number of pyridine rings is 1. The number of carbonyl (C=O) groups excluding carboxylic acids is 1. The zero-order valence-electron chi connectivity index (χ0n) is 14.4. The number of aromatic nitrogens is 1. The molecular weight excluding hydrogens is 306 g/mol. The molecule has 1 N–H and O–H groups in total. The minimum Gasteiger partial charge on any atom is -0.379 e. The van der Waals surface area contributed by atoms with E-state index in [-0.39, 0.29) is 17.0 Å². The van der Waals surface area contributed by atoms with E-state index in [0.717, 1.165) is 39.1 Å². The van der Waals surface area contributed by atoms with E-state index >= 15 is 0 Å². The summed E-state index contributed by atoms with van der Waals surface area (Å²) in [7, 11) is 1.66. The maximum absolute atomic E-state index is 12.5. The molecular formula is C18H27N3O3. The number of rotatable bonds is 4. The smallest absolute Gasteiger partial charge is 0.252 e. The summed E-state index contributed by atoms with van der Waals surface area (Å²) in [6.45, 7) is 4.09. The molecule has 3 rings (SSSR count). The topological polar surface area (TPSA) is 63.6 Å². The predicted octanol–water partition coefficient (Wildman–Crippen LogP) is 1.15. The van der Waals surface area contributed by atoms with E-state index in [9.17, 15) is 9.59 Å². The summed E-state index contributed by atoms with van der Waals surface area (Å²) in [6.07, 6.45) is 7.56. The fourth-order valence-corrected chi connectivity index (χ4v) is 3.93. The number of morpholine rings is 1. The molecule has 2 fully saturated rings. The van der Waals surface area contributed by atoms with Gasteiger partial charge in [0.25, 0.3) is 5.91 Å². The monoisotopic (exact) mass is 333 g/mol. The average molecular weight is 333 g/mol. The highest BCUT2D eigenvalue weighted by Gasteiger charge is 2.38. The normalized spacial score (nSPS) is 21.4. The summed E-state index contributed by atoms with van der Waals surface area (Å²) >= 11 is 0. The molecule has 1 amide bonds. The SMILES string of the molecule is Cn1cc(C(=O)NCC2(N3CCOCC3)CCCCC2)ccc1=O. The molecule has 0 aromatic carbocycles. The Labute approximate surface area is 142 Å². The highest BCUT2D eigenvalue weighted by atomic mass is 16.5. The molecule has 0 bridgehead atoms. The molecule has 1 saturated heterocycles. The molecule has 1 saturated carbocycles. The van der Waals surface area contributed by atoms with Gasteiger partial charge >= 0.3 is 0 Å². The van der Waals surface area contributed by atoms with E-state index in [1.807, 2.05) is 0 Å². The van der Waals surface area contributed by atoms with Gasteiger partial charge in [0, 0.05) is 44.5 Å². The van der Waals surface area contributed by atoms with E-state index in [1.54, 1.807) is 19.3 Å². The van der Waals surface area contributed by atoms with E-state index in [0.29, 0.717) is 12.1 Å². The van der Waals surface area contributed by atoms with Crippen molar-refractivity contribution < 1.29 is 9.53 Å². The van der Waals surface area contributed by atoms with Gasteiger partial charge in [0.05, 0.1) is 18.8 Å². The number of aryl methyl sites for hydroxylation is 1. The lowest BCUT2D eigenvalue weighted by Crippen LogP contribution is -2.59. The minimum absolute atomic E-state index is 0.0539. The maximum atomic E-state index is 12.5. The molecule has 2 heterocycles. The molecule has 0 radical (unpaired) electrons. The standard InChI is InChI=1S/C18H27N3O3/c1-20-13-15(5-6-16(20)22)17(23)19-14-18(7-3-2-4-8-18)21-9-11-24-12-10-21/h5-6,13H,2-4,7-12,14H2,1H3,(H,19,23). The number of hydrogen-bond donors (Lipinski definition) is 1. The Bertz CT molecular complexity index is 629. The number of nitrogens with one attached hydrogen (secondary N) is 1. The van der Waals surface area contributed by atoms with E-state index in [1.165, 1.54) is 29.9 Å². The van der Waals surface area contributed by atoms with E-state index in [4.69, 9.17) is 4.74 Å². The van der Waals surface area contributed by atoms with Gasteiger partial charge in [-0.05, 0) is 18.9 Å². The second-order valence-corrected chi connectivity index (χ2v) is 6.93. The van der Waals surface area contributed by atoms with Crippen molar-refractivity contribution in [1.82, 2.24) is 14.8 Å². The number of hydrogen-bond acceptors (Lipinski definition) is 4. The van der Waals surface area contributed by atoms with Crippen LogP contribution in [-0.2, 0) is 11.8 Å². The van der Waals surface area contributed by atoms with E-state index in [2.05, 4.69) is 10.2 Å². The van der Waals surface area contributed by atoms with Crippen molar-refractivity contribution in [2.24, 2.45) is 7.05 Å². The molecule has 132 valence electrons. The zero-order chi connectivity index (χ0) is 17.0. The highest BCUT2D eigenvalue weighted by Crippen LogP contribution is 2.33. The van der Waals surface area contributed by atoms with Crippen molar-refractivity contribution in [2.45, 2.75) is 37.6 Å². The molecule has 0 spiro atoms. The van der Waals surface area contributed by atoms with Crippen LogP contribution in [0.3, 0.4) is 0 Å². The summed E-state index contributed by atoms with van der Waals surface area (Å²) in [6, 6.07) is 3.03. The Hall–Kier alpha value is -1.66. The van der Waals surface area contributed by atoms with Gasteiger partial charge < -0.3 is 14.6 Å². The summed E-state index contributed by atoms with van der Waals surface area (Å²) in [5.74, 6) is -0.108. The van der Waals surface area contributed by atoms with Gasteiger partial charge in [0.2, 0.25) is 5.56 Å². The van der Waals surface area contributed by atoms with Crippen LogP contribution in [0.25, 0.3) is 0 Å². The van der Waals surface area contributed by atoms with Crippen molar-refractivity contribution in [1.29, 1.82) is 0 Å². The fraction of sp³-hybridized carbons (Fsp3) is 0.667. The van der Waals surface area contributed by atoms with Crippen LogP contribution in [0.4, 0.5) is 0 Å². The predicted molar refractivity (Wildman–Crippen MR) is 92.2 cm³/mol. The number of amides is 1. The zero-order valence-corrected chi connectivity index (χ0v) is 14.4. The molecule has 1 aliphatic carbocycles. The van der Waals surface area contributed by atoms with Crippen molar-refractivity contribution in [3.8, 4) is 0 Å². The summed E-state index contributed by atoms with van der Waals surface area (Å²) in [5, 5.41) is 3.12. The number of nitrogens with zero attached hydrogens (tertiary/aromatic N) is 2. The van der Waals surface area contributed by atoms with Gasteiger partial charge in [-0.3, -0.25) is 14.5 Å². The van der Waals surface area contributed by atoms with Gasteiger partial charge in [-0.25, -0.2) is 0 Å². The van der Waals surface area contributed by atoms with Crippen LogP contribution in [0.2, 0.25) is 0 Å². The first kappa shape index (κ1) is 17.2. The minimum atomic E-state index is -0.108. The van der Waals surface area contributed by atoms with Gasteiger partial charge in [0.1, 0.15) is 0 Å².